The molecule has 2 atom stereocenters. The molecule has 0 amide bonds. The van der Waals surface area contributed by atoms with Crippen molar-refractivity contribution in [3.8, 4) is 22.3 Å². The average molecular weight is 702 g/mol. The van der Waals surface area contributed by atoms with Gasteiger partial charge in [0.05, 0.1) is 0 Å². The molecule has 2 aliphatic carbocycles. The summed E-state index contributed by atoms with van der Waals surface area (Å²) < 4.78 is 7.90. The van der Waals surface area contributed by atoms with Gasteiger partial charge in [0, 0.05) is 0 Å². The van der Waals surface area contributed by atoms with Gasteiger partial charge in [0.15, 0.2) is 0 Å². The molecule has 0 heterocycles. The summed E-state index contributed by atoms with van der Waals surface area (Å²) in [7, 11) is 0. The molecule has 0 bridgehead atoms. The van der Waals surface area contributed by atoms with Crippen LogP contribution in [0, 0.1) is 0 Å². The molecule has 0 spiro atoms. The first-order chi connectivity index (χ1) is 18.2. The van der Waals surface area contributed by atoms with E-state index in [4.69, 9.17) is 23.2 Å². The van der Waals surface area contributed by atoms with Gasteiger partial charge in [-0.2, -0.15) is 0 Å². The molecule has 38 heavy (non-hydrogen) atoms. The summed E-state index contributed by atoms with van der Waals surface area (Å²) in [6.07, 6.45) is 9.84. The van der Waals surface area contributed by atoms with Gasteiger partial charge in [-0.25, -0.2) is 0 Å². The van der Waals surface area contributed by atoms with E-state index in [2.05, 4.69) is 108 Å². The summed E-state index contributed by atoms with van der Waals surface area (Å²) in [5, 5.41) is 1.54. The van der Waals surface area contributed by atoms with Gasteiger partial charge in [-0.05, 0) is 0 Å². The Morgan fingerprint density at radius 1 is 0.579 bits per heavy atom. The predicted molar refractivity (Wildman–Crippen MR) is 165 cm³/mol. The third-order valence-electron chi connectivity index (χ3n) is 9.66. The Hall–Kier alpha value is -2.32. The van der Waals surface area contributed by atoms with Crippen molar-refractivity contribution in [2.24, 2.45) is 0 Å². The molecule has 6 rings (SSSR count). The number of benzene rings is 4. The topological polar surface area (TPSA) is 0 Å². The van der Waals surface area contributed by atoms with E-state index in [1.54, 1.807) is 3.26 Å². The standard InChI is InChI=1S/2C15H10Cl.C3H6.2CH3.Hf/c2*16-13-9-7-12(8-10-13)15-6-2-4-11-3-1-5-14(11)15;1-3-2;;;/h2*1-10H;1-2H3;2*1H3;. The van der Waals surface area contributed by atoms with Gasteiger partial charge in [0.2, 0.25) is 0 Å². The van der Waals surface area contributed by atoms with Gasteiger partial charge in [-0.3, -0.25) is 0 Å². The number of fused-ring (bicyclic) bond motifs is 2. The van der Waals surface area contributed by atoms with Crippen LogP contribution in [-0.2, 0) is 18.0 Å². The van der Waals surface area contributed by atoms with E-state index in [1.807, 2.05) is 24.3 Å². The molecule has 4 aromatic rings. The fourth-order valence-corrected chi connectivity index (χ4v) is 26.5. The fraction of sp³-hybridized carbons (Fsp3) is 0.171. The van der Waals surface area contributed by atoms with Crippen LogP contribution in [0.4, 0.5) is 0 Å². The molecule has 0 fully saturated rings. The zero-order chi connectivity index (χ0) is 26.7. The Morgan fingerprint density at radius 3 is 1.34 bits per heavy atom. The number of hydrogen-bond donors (Lipinski definition) is 0. The normalized spacial score (nSPS) is 18.0. The van der Waals surface area contributed by atoms with Crippen LogP contribution in [0.15, 0.2) is 97.1 Å². The second-order valence-electron chi connectivity index (χ2n) is 11.9. The number of allylic oxidation sites excluding steroid dienone is 2. The second-order valence-corrected chi connectivity index (χ2v) is 39.6. The van der Waals surface area contributed by atoms with Gasteiger partial charge in [0.25, 0.3) is 0 Å². The van der Waals surface area contributed by atoms with Crippen molar-refractivity contribution in [2.45, 2.75) is 30.6 Å². The number of halogens is 2. The van der Waals surface area contributed by atoms with Gasteiger partial charge in [0.1, 0.15) is 0 Å². The Balaban J connectivity index is 1.50. The molecule has 0 aliphatic heterocycles. The van der Waals surface area contributed by atoms with Crippen molar-refractivity contribution in [3.05, 3.63) is 129 Å². The quantitative estimate of drug-likeness (QED) is 0.186. The Labute approximate surface area is 237 Å². The first kappa shape index (κ1) is 25.9. The minimum absolute atomic E-state index is 0.444. The molecule has 0 nitrogen and oxygen atoms in total. The molecule has 0 aromatic heterocycles. The molecule has 0 radical (unpaired) electrons. The third-order valence-corrected chi connectivity index (χ3v) is 38.9. The van der Waals surface area contributed by atoms with Gasteiger partial charge >= 0.3 is 239 Å². The molecule has 3 heteroatoms. The maximum atomic E-state index is 6.20. The molecular weight excluding hydrogens is 670 g/mol. The van der Waals surface area contributed by atoms with Gasteiger partial charge in [-0.15, -0.1) is 0 Å². The fourth-order valence-electron chi connectivity index (χ4n) is 6.80. The van der Waals surface area contributed by atoms with Crippen LogP contribution in [0.2, 0.25) is 19.4 Å². The van der Waals surface area contributed by atoms with Crippen molar-refractivity contribution < 1.29 is 18.0 Å². The molecule has 2 unspecified atom stereocenters. The van der Waals surface area contributed by atoms with Crippen LogP contribution in [-0.4, -0.2) is 3.26 Å². The van der Waals surface area contributed by atoms with Crippen LogP contribution in [0.25, 0.3) is 34.4 Å². The van der Waals surface area contributed by atoms with Crippen LogP contribution < -0.4 is 0 Å². The molecule has 2 aliphatic rings. The molecule has 0 N–H and O–H groups in total. The Bertz CT molecular complexity index is 1580. The first-order valence-corrected chi connectivity index (χ1v) is 27.2. The summed E-state index contributed by atoms with van der Waals surface area (Å²) >= 11 is 8.53. The monoisotopic (exact) mass is 702 g/mol. The molecular formula is C35H32Cl2Hf. The van der Waals surface area contributed by atoms with Gasteiger partial charge < -0.3 is 0 Å². The molecule has 190 valence electrons. The van der Waals surface area contributed by atoms with Crippen LogP contribution >= 0.6 is 23.2 Å². The van der Waals surface area contributed by atoms with Crippen molar-refractivity contribution in [3.63, 3.8) is 0 Å². The SMILES string of the molecule is C[C](C)=[Hf]([CH3])([CH3])([CH]1C=Cc2c(-c3ccc(Cl)cc3)cccc21)[CH]1C=Cc2c(-c3ccc(Cl)cc3)cccc21. The zero-order valence-corrected chi connectivity index (χ0v) is 27.4. The summed E-state index contributed by atoms with van der Waals surface area (Å²) in [5.74, 6) is 0. The summed E-state index contributed by atoms with van der Waals surface area (Å²) in [6, 6.07) is 30.2. The van der Waals surface area contributed by atoms with E-state index in [9.17, 15) is 0 Å². The van der Waals surface area contributed by atoms with Crippen LogP contribution in [0.3, 0.4) is 0 Å². The minimum atomic E-state index is -3.88. The summed E-state index contributed by atoms with van der Waals surface area (Å²) in [5.41, 5.74) is 10.7. The van der Waals surface area contributed by atoms with E-state index >= 15 is 0 Å². The van der Waals surface area contributed by atoms with Crippen molar-refractivity contribution in [1.82, 2.24) is 0 Å². The zero-order valence-electron chi connectivity index (χ0n) is 22.3. The summed E-state index contributed by atoms with van der Waals surface area (Å²) in [6.45, 7) is 4.80. The third kappa shape index (κ3) is 3.93. The first-order valence-electron chi connectivity index (χ1n) is 13.3. The molecule has 0 saturated heterocycles. The average Bonchev–Trinajstić information content (AvgIpc) is 3.55. The van der Waals surface area contributed by atoms with Crippen LogP contribution in [0.1, 0.15) is 43.5 Å². The maximum absolute atomic E-state index is 6.20. The van der Waals surface area contributed by atoms with E-state index in [0.29, 0.717) is 7.35 Å². The van der Waals surface area contributed by atoms with Crippen molar-refractivity contribution in [1.29, 1.82) is 0 Å². The van der Waals surface area contributed by atoms with E-state index < -0.39 is 18.0 Å². The molecule has 4 aromatic carbocycles. The van der Waals surface area contributed by atoms with Crippen molar-refractivity contribution in [2.75, 3.05) is 0 Å². The Morgan fingerprint density at radius 2 is 0.974 bits per heavy atom. The van der Waals surface area contributed by atoms with Crippen LogP contribution in [0.5, 0.6) is 0 Å². The number of rotatable bonds is 4. The van der Waals surface area contributed by atoms with E-state index in [1.165, 1.54) is 44.5 Å². The van der Waals surface area contributed by atoms with Gasteiger partial charge in [-0.1, -0.05) is 0 Å². The second kappa shape index (κ2) is 9.40. The summed E-state index contributed by atoms with van der Waals surface area (Å²) in [4.78, 5) is 0. The van der Waals surface area contributed by atoms with Crippen molar-refractivity contribution >= 4 is 38.6 Å². The van der Waals surface area contributed by atoms with E-state index in [-0.39, 0.29) is 0 Å². The van der Waals surface area contributed by atoms with E-state index in [0.717, 1.165) is 10.0 Å². The predicted octanol–water partition coefficient (Wildman–Crippen LogP) is 11.2. The number of hydrogen-bond acceptors (Lipinski definition) is 0. The Kier molecular flexibility index (Phi) is 6.42. The molecule has 0 saturated carbocycles.